The van der Waals surface area contributed by atoms with Crippen molar-refractivity contribution in [3.05, 3.63) is 29.6 Å². The quantitative estimate of drug-likeness (QED) is 0.844. The number of nitrogens with one attached hydrogen (secondary N) is 2. The molecule has 2 saturated heterocycles. The Bertz CT molecular complexity index is 879. The van der Waals surface area contributed by atoms with Crippen LogP contribution in [0.25, 0.3) is 11.0 Å². The van der Waals surface area contributed by atoms with Crippen LogP contribution in [0.5, 0.6) is 0 Å². The van der Waals surface area contributed by atoms with Crippen LogP contribution < -0.4 is 5.32 Å². The Labute approximate surface area is 157 Å². The molecule has 1 aromatic carbocycles. The van der Waals surface area contributed by atoms with Gasteiger partial charge in [0, 0.05) is 26.6 Å². The Kier molecular flexibility index (Phi) is 4.51. The molecule has 0 saturated carbocycles. The summed E-state index contributed by atoms with van der Waals surface area (Å²) in [6.45, 7) is 4.33. The zero-order valence-electron chi connectivity index (χ0n) is 15.7. The fraction of sp³-hybridized carbons (Fsp3) is 0.526. The van der Waals surface area contributed by atoms with E-state index in [9.17, 15) is 9.59 Å². The van der Waals surface area contributed by atoms with Gasteiger partial charge in [0.05, 0.1) is 24.1 Å². The largest absolute Gasteiger partial charge is 0.361 e. The fourth-order valence-corrected chi connectivity index (χ4v) is 3.90. The molecule has 1 atom stereocenters. The van der Waals surface area contributed by atoms with E-state index < -0.39 is 5.60 Å². The lowest BCUT2D eigenvalue weighted by Gasteiger charge is -2.38. The van der Waals surface area contributed by atoms with E-state index in [1.165, 1.54) is 0 Å². The molecule has 1 spiro atoms. The number of ether oxygens (including phenoxy) is 1. The van der Waals surface area contributed by atoms with Gasteiger partial charge in [-0.25, -0.2) is 9.78 Å². The Morgan fingerprint density at radius 1 is 1.41 bits per heavy atom. The second kappa shape index (κ2) is 6.84. The maximum atomic E-state index is 12.5. The Morgan fingerprint density at radius 2 is 2.26 bits per heavy atom. The highest BCUT2D eigenvalue weighted by Gasteiger charge is 2.45. The number of amides is 3. The number of aromatic nitrogens is 2. The summed E-state index contributed by atoms with van der Waals surface area (Å²) in [5.74, 6) is 0.859. The van der Waals surface area contributed by atoms with Crippen LogP contribution in [0.3, 0.4) is 0 Å². The second-order valence-electron chi connectivity index (χ2n) is 7.53. The van der Waals surface area contributed by atoms with Gasteiger partial charge >= 0.3 is 6.03 Å². The average Bonchev–Trinajstić information content (AvgIpc) is 3.24. The van der Waals surface area contributed by atoms with Gasteiger partial charge in [-0.15, -0.1) is 0 Å². The van der Waals surface area contributed by atoms with E-state index in [2.05, 4.69) is 15.3 Å². The van der Waals surface area contributed by atoms with E-state index in [0.29, 0.717) is 32.6 Å². The summed E-state index contributed by atoms with van der Waals surface area (Å²) in [7, 11) is 1.78. The standard InChI is InChI=1S/C19H25N5O3/c1-13-4-3-5-14-17(13)22-15(21-14)6-8-20-18(26)24-9-7-19(12-24)11-23(2)16(25)10-27-19/h3-5H,6-12H2,1-2H3,(H,20,26)(H,21,22)/t19-/m1/s1. The van der Waals surface area contributed by atoms with Crippen LogP contribution in [0, 0.1) is 6.92 Å². The van der Waals surface area contributed by atoms with Crippen LogP contribution in [0.15, 0.2) is 18.2 Å². The summed E-state index contributed by atoms with van der Waals surface area (Å²) in [6.07, 6.45) is 1.40. The third-order valence-electron chi connectivity index (χ3n) is 5.46. The van der Waals surface area contributed by atoms with Crippen molar-refractivity contribution in [3.63, 3.8) is 0 Å². The number of H-pyrrole nitrogens is 1. The van der Waals surface area contributed by atoms with Gasteiger partial charge in [-0.05, 0) is 25.0 Å². The molecule has 8 nitrogen and oxygen atoms in total. The zero-order chi connectivity index (χ0) is 19.0. The van der Waals surface area contributed by atoms with Crippen molar-refractivity contribution in [2.24, 2.45) is 0 Å². The van der Waals surface area contributed by atoms with E-state index >= 15 is 0 Å². The van der Waals surface area contributed by atoms with Crippen LogP contribution in [0.4, 0.5) is 4.79 Å². The molecule has 0 bridgehead atoms. The topological polar surface area (TPSA) is 90.6 Å². The molecule has 27 heavy (non-hydrogen) atoms. The van der Waals surface area contributed by atoms with Crippen molar-refractivity contribution >= 4 is 23.0 Å². The number of urea groups is 1. The van der Waals surface area contributed by atoms with Crippen LogP contribution in [-0.4, -0.2) is 77.1 Å². The number of carbonyl (C=O) groups excluding carboxylic acids is 2. The molecule has 0 aliphatic carbocycles. The van der Waals surface area contributed by atoms with Crippen LogP contribution in [0.1, 0.15) is 17.8 Å². The predicted octanol–water partition coefficient (Wildman–Crippen LogP) is 1.06. The van der Waals surface area contributed by atoms with Gasteiger partial charge in [-0.1, -0.05) is 12.1 Å². The summed E-state index contributed by atoms with van der Waals surface area (Å²) in [6, 6.07) is 5.95. The van der Waals surface area contributed by atoms with E-state index in [1.54, 1.807) is 16.8 Å². The number of likely N-dealkylation sites (N-methyl/N-ethyl adjacent to an activating group) is 1. The molecule has 4 rings (SSSR count). The third kappa shape index (κ3) is 3.49. The molecule has 0 radical (unpaired) electrons. The minimum Gasteiger partial charge on any atom is -0.361 e. The Hall–Kier alpha value is -2.61. The maximum absolute atomic E-state index is 12.5. The number of benzene rings is 1. The van der Waals surface area contributed by atoms with Gasteiger partial charge in [0.1, 0.15) is 18.0 Å². The summed E-state index contributed by atoms with van der Waals surface area (Å²) in [5, 5.41) is 2.96. The number of hydrogen-bond acceptors (Lipinski definition) is 4. The molecule has 2 aliphatic rings. The highest BCUT2D eigenvalue weighted by atomic mass is 16.5. The van der Waals surface area contributed by atoms with E-state index in [0.717, 1.165) is 28.8 Å². The highest BCUT2D eigenvalue weighted by Crippen LogP contribution is 2.29. The number of nitrogens with zero attached hydrogens (tertiary/aromatic N) is 3. The molecule has 2 aliphatic heterocycles. The smallest absolute Gasteiger partial charge is 0.317 e. The van der Waals surface area contributed by atoms with E-state index in [1.807, 2.05) is 25.1 Å². The van der Waals surface area contributed by atoms with Crippen molar-refractivity contribution in [1.82, 2.24) is 25.1 Å². The molecule has 2 N–H and O–H groups in total. The van der Waals surface area contributed by atoms with Gasteiger partial charge < -0.3 is 24.8 Å². The Balaban J connectivity index is 1.29. The highest BCUT2D eigenvalue weighted by molar-refractivity contribution is 5.79. The third-order valence-corrected chi connectivity index (χ3v) is 5.46. The molecule has 2 aromatic rings. The minimum absolute atomic E-state index is 0.00963. The number of morpholine rings is 1. The lowest BCUT2D eigenvalue weighted by molar-refractivity contribution is -0.158. The maximum Gasteiger partial charge on any atom is 0.317 e. The van der Waals surface area contributed by atoms with Crippen molar-refractivity contribution in [3.8, 4) is 0 Å². The van der Waals surface area contributed by atoms with Gasteiger partial charge in [0.25, 0.3) is 0 Å². The lowest BCUT2D eigenvalue weighted by Crippen LogP contribution is -2.55. The number of hydrogen-bond donors (Lipinski definition) is 2. The fourth-order valence-electron chi connectivity index (χ4n) is 3.90. The number of likely N-dealkylation sites (tertiary alicyclic amines) is 1. The average molecular weight is 371 g/mol. The van der Waals surface area contributed by atoms with Crippen LogP contribution in [0.2, 0.25) is 0 Å². The van der Waals surface area contributed by atoms with Gasteiger partial charge in [-0.2, -0.15) is 0 Å². The SMILES string of the molecule is Cc1cccc2[nH]c(CCNC(=O)N3CC[C@@]4(CN(C)C(=O)CO4)C3)nc12. The number of aromatic amines is 1. The first-order chi connectivity index (χ1) is 13.0. The molecule has 1 aromatic heterocycles. The molecular weight excluding hydrogens is 346 g/mol. The summed E-state index contributed by atoms with van der Waals surface area (Å²) in [5.41, 5.74) is 2.72. The number of imidazole rings is 1. The molecule has 8 heteroatoms. The summed E-state index contributed by atoms with van der Waals surface area (Å²) in [4.78, 5) is 35.5. The molecule has 144 valence electrons. The first kappa shape index (κ1) is 17.8. The van der Waals surface area contributed by atoms with Crippen LogP contribution in [-0.2, 0) is 16.0 Å². The van der Waals surface area contributed by atoms with Crippen molar-refractivity contribution in [1.29, 1.82) is 0 Å². The number of rotatable bonds is 3. The first-order valence-corrected chi connectivity index (χ1v) is 9.31. The predicted molar refractivity (Wildman–Crippen MR) is 100 cm³/mol. The Morgan fingerprint density at radius 3 is 3.04 bits per heavy atom. The first-order valence-electron chi connectivity index (χ1n) is 9.31. The molecule has 3 heterocycles. The second-order valence-corrected chi connectivity index (χ2v) is 7.53. The minimum atomic E-state index is -0.420. The van der Waals surface area contributed by atoms with Crippen molar-refractivity contribution in [2.45, 2.75) is 25.4 Å². The summed E-state index contributed by atoms with van der Waals surface area (Å²) >= 11 is 0. The van der Waals surface area contributed by atoms with Gasteiger partial charge in [-0.3, -0.25) is 4.79 Å². The van der Waals surface area contributed by atoms with E-state index in [4.69, 9.17) is 4.74 Å². The monoisotopic (exact) mass is 371 g/mol. The number of fused-ring (bicyclic) bond motifs is 1. The zero-order valence-corrected chi connectivity index (χ0v) is 15.7. The molecule has 3 amide bonds. The van der Waals surface area contributed by atoms with Crippen molar-refractivity contribution in [2.75, 3.05) is 39.8 Å². The van der Waals surface area contributed by atoms with Gasteiger partial charge in [0.2, 0.25) is 5.91 Å². The summed E-state index contributed by atoms with van der Waals surface area (Å²) < 4.78 is 5.78. The molecule has 2 fully saturated rings. The van der Waals surface area contributed by atoms with Crippen molar-refractivity contribution < 1.29 is 14.3 Å². The van der Waals surface area contributed by atoms with E-state index in [-0.39, 0.29) is 18.5 Å². The molecular formula is C19H25N5O3. The normalized spacial score (nSPS) is 22.8. The lowest BCUT2D eigenvalue weighted by atomic mass is 10.0. The number of aryl methyl sites for hydroxylation is 1. The van der Waals surface area contributed by atoms with Gasteiger partial charge in [0.15, 0.2) is 0 Å². The number of para-hydroxylation sites is 1. The molecule has 0 unspecified atom stereocenters. The number of carbonyl (C=O) groups is 2. The van der Waals surface area contributed by atoms with Crippen LogP contribution >= 0.6 is 0 Å².